The van der Waals surface area contributed by atoms with Gasteiger partial charge in [0.2, 0.25) is 0 Å². The number of ether oxygens (including phenoxy) is 2. The molecular weight excluding hydrogens is 557 g/mol. The molecule has 0 fully saturated rings. The van der Waals surface area contributed by atoms with E-state index in [-0.39, 0.29) is 29.0 Å². The summed E-state index contributed by atoms with van der Waals surface area (Å²) < 4.78 is 11.8. The van der Waals surface area contributed by atoms with Crippen molar-refractivity contribution in [2.24, 2.45) is 10.8 Å². The second-order valence-electron chi connectivity index (χ2n) is 13.1. The van der Waals surface area contributed by atoms with Crippen LogP contribution >= 0.6 is 23.2 Å². The minimum absolute atomic E-state index is 0.0826. The fourth-order valence-corrected chi connectivity index (χ4v) is 7.01. The van der Waals surface area contributed by atoms with Crippen molar-refractivity contribution in [2.45, 2.75) is 72.3 Å². The van der Waals surface area contributed by atoms with Gasteiger partial charge in [0.05, 0.1) is 0 Å². The molecule has 218 valence electrons. The third-order valence-corrected chi connectivity index (χ3v) is 8.98. The van der Waals surface area contributed by atoms with Crippen LogP contribution in [0.5, 0.6) is 5.75 Å². The van der Waals surface area contributed by atoms with Gasteiger partial charge in [0.15, 0.2) is 11.6 Å². The van der Waals surface area contributed by atoms with Crippen LogP contribution in [-0.2, 0) is 20.9 Å². The standard InChI is InChI=1S/C34H39Cl2NO4/c1-33(2)16-25-31(27(38)18-33)30(32-26(37(25)13-8-14-40-5)17-34(3,4)19-28(32)39)23-15-22(35)11-12-29(23)41-20-21-9-6-7-10-24(21)36/h6-7,9-12,15,30H,8,13-14,16-20H2,1-5H3. The van der Waals surface area contributed by atoms with Gasteiger partial charge in [0.1, 0.15) is 12.4 Å². The highest BCUT2D eigenvalue weighted by Gasteiger charge is 2.49. The Balaban J connectivity index is 1.69. The van der Waals surface area contributed by atoms with E-state index in [1.165, 1.54) is 0 Å². The number of Topliss-reactive ketones (excluding diaryl/α,β-unsaturated/α-hetero) is 2. The smallest absolute Gasteiger partial charge is 0.162 e. The molecule has 3 aliphatic rings. The summed E-state index contributed by atoms with van der Waals surface area (Å²) in [6, 6.07) is 13.1. The lowest BCUT2D eigenvalue weighted by Crippen LogP contribution is -2.44. The second-order valence-corrected chi connectivity index (χ2v) is 13.9. The van der Waals surface area contributed by atoms with Gasteiger partial charge in [0.25, 0.3) is 0 Å². The van der Waals surface area contributed by atoms with Crippen LogP contribution in [0.1, 0.15) is 76.8 Å². The van der Waals surface area contributed by atoms with Gasteiger partial charge >= 0.3 is 0 Å². The van der Waals surface area contributed by atoms with Crippen molar-refractivity contribution in [3.63, 3.8) is 0 Å². The molecule has 1 aliphatic heterocycles. The van der Waals surface area contributed by atoms with Crippen molar-refractivity contribution in [3.8, 4) is 5.75 Å². The van der Waals surface area contributed by atoms with Crippen molar-refractivity contribution >= 4 is 34.8 Å². The van der Waals surface area contributed by atoms with E-state index >= 15 is 0 Å². The Labute approximate surface area is 253 Å². The molecule has 0 unspecified atom stereocenters. The monoisotopic (exact) mass is 595 g/mol. The first-order valence-electron chi connectivity index (χ1n) is 14.4. The maximum atomic E-state index is 14.1. The summed E-state index contributed by atoms with van der Waals surface area (Å²) in [7, 11) is 1.70. The number of hydrogen-bond donors (Lipinski definition) is 0. The quantitative estimate of drug-likeness (QED) is 0.287. The highest BCUT2D eigenvalue weighted by molar-refractivity contribution is 6.31. The van der Waals surface area contributed by atoms with Crippen molar-refractivity contribution < 1.29 is 19.1 Å². The molecule has 0 saturated heterocycles. The number of rotatable bonds is 8. The lowest BCUT2D eigenvalue weighted by atomic mass is 9.63. The highest BCUT2D eigenvalue weighted by atomic mass is 35.5. The minimum atomic E-state index is -0.536. The number of methoxy groups -OCH3 is 1. The van der Waals surface area contributed by atoms with Crippen LogP contribution in [0, 0.1) is 10.8 Å². The summed E-state index contributed by atoms with van der Waals surface area (Å²) in [5, 5.41) is 1.15. The molecule has 0 N–H and O–H groups in total. The van der Waals surface area contributed by atoms with Gasteiger partial charge in [-0.05, 0) is 54.4 Å². The van der Waals surface area contributed by atoms with Gasteiger partial charge in [-0.1, -0.05) is 69.1 Å². The fraction of sp³-hybridized carbons (Fsp3) is 0.471. The van der Waals surface area contributed by atoms with Gasteiger partial charge in [-0.2, -0.15) is 0 Å². The van der Waals surface area contributed by atoms with E-state index < -0.39 is 5.92 Å². The Morgan fingerprint density at radius 3 is 2.07 bits per heavy atom. The first-order chi connectivity index (χ1) is 19.4. The number of carbonyl (C=O) groups is 2. The number of halogens is 2. The number of allylic oxidation sites excluding steroid dienone is 4. The first-order valence-corrected chi connectivity index (χ1v) is 15.1. The van der Waals surface area contributed by atoms with E-state index in [9.17, 15) is 9.59 Å². The van der Waals surface area contributed by atoms with E-state index in [1.807, 2.05) is 36.4 Å². The van der Waals surface area contributed by atoms with E-state index in [2.05, 4.69) is 32.6 Å². The second kappa shape index (κ2) is 11.6. The lowest BCUT2D eigenvalue weighted by Gasteiger charge is -2.49. The lowest BCUT2D eigenvalue weighted by molar-refractivity contribution is -0.119. The third kappa shape index (κ3) is 6.14. The molecule has 0 amide bonds. The van der Waals surface area contributed by atoms with Gasteiger partial charge in [-0.15, -0.1) is 0 Å². The number of nitrogens with zero attached hydrogens (tertiary/aromatic N) is 1. The summed E-state index contributed by atoms with van der Waals surface area (Å²) in [5.74, 6) is 0.227. The van der Waals surface area contributed by atoms with Crippen LogP contribution < -0.4 is 4.74 Å². The van der Waals surface area contributed by atoms with Gasteiger partial charge in [0, 0.05) is 82.7 Å². The number of benzene rings is 2. The minimum Gasteiger partial charge on any atom is -0.489 e. The Morgan fingerprint density at radius 1 is 0.878 bits per heavy atom. The number of ketones is 2. The molecule has 5 rings (SSSR count). The largest absolute Gasteiger partial charge is 0.489 e. The summed E-state index contributed by atoms with van der Waals surface area (Å²) in [6.45, 7) is 10.1. The van der Waals surface area contributed by atoms with Crippen LogP contribution in [-0.4, -0.2) is 36.7 Å². The zero-order chi connectivity index (χ0) is 29.5. The van der Waals surface area contributed by atoms with E-state index in [0.717, 1.165) is 41.8 Å². The van der Waals surface area contributed by atoms with E-state index in [0.29, 0.717) is 52.9 Å². The number of hydrogen-bond acceptors (Lipinski definition) is 5. The van der Waals surface area contributed by atoms with E-state index in [4.69, 9.17) is 32.7 Å². The van der Waals surface area contributed by atoms with Crippen molar-refractivity contribution in [3.05, 3.63) is 86.2 Å². The normalized spacial score (nSPS) is 20.3. The molecule has 0 radical (unpaired) electrons. The Hall–Kier alpha value is -2.60. The molecule has 1 heterocycles. The Bertz CT molecular complexity index is 1380. The van der Waals surface area contributed by atoms with E-state index in [1.54, 1.807) is 13.2 Å². The zero-order valence-corrected chi connectivity index (χ0v) is 26.1. The molecule has 41 heavy (non-hydrogen) atoms. The van der Waals surface area contributed by atoms with Crippen molar-refractivity contribution in [1.82, 2.24) is 4.90 Å². The van der Waals surface area contributed by atoms with Crippen LogP contribution in [0.2, 0.25) is 10.0 Å². The average molecular weight is 597 g/mol. The predicted octanol–water partition coefficient (Wildman–Crippen LogP) is 8.29. The summed E-state index contributed by atoms with van der Waals surface area (Å²) >= 11 is 13.0. The maximum absolute atomic E-state index is 14.1. The molecule has 2 aromatic carbocycles. The molecular formula is C34H39Cl2NO4. The zero-order valence-electron chi connectivity index (χ0n) is 24.6. The molecule has 0 saturated carbocycles. The predicted molar refractivity (Wildman–Crippen MR) is 163 cm³/mol. The van der Waals surface area contributed by atoms with Crippen LogP contribution in [0.25, 0.3) is 0 Å². The summed E-state index contributed by atoms with van der Waals surface area (Å²) in [4.78, 5) is 30.5. The highest BCUT2D eigenvalue weighted by Crippen LogP contribution is 2.55. The number of carbonyl (C=O) groups excluding carboxylic acids is 2. The molecule has 2 aliphatic carbocycles. The Morgan fingerprint density at radius 2 is 1.49 bits per heavy atom. The van der Waals surface area contributed by atoms with Crippen LogP contribution in [0.4, 0.5) is 0 Å². The summed E-state index contributed by atoms with van der Waals surface area (Å²) in [6.07, 6.45) is 3.14. The van der Waals surface area contributed by atoms with Gasteiger partial charge in [-0.3, -0.25) is 9.59 Å². The fourth-order valence-electron chi connectivity index (χ4n) is 6.64. The SMILES string of the molecule is COCCCN1C2=C(C(=O)CC(C)(C)C2)C(c2cc(Cl)ccc2OCc2ccccc2Cl)C2=C1CC(C)(C)CC2=O. The van der Waals surface area contributed by atoms with Crippen LogP contribution in [0.15, 0.2) is 65.0 Å². The molecule has 5 nitrogen and oxygen atoms in total. The third-order valence-electron chi connectivity index (χ3n) is 8.38. The van der Waals surface area contributed by atoms with Crippen molar-refractivity contribution in [1.29, 1.82) is 0 Å². The molecule has 0 bridgehead atoms. The molecule has 7 heteroatoms. The molecule has 0 spiro atoms. The summed E-state index contributed by atoms with van der Waals surface area (Å²) in [5.41, 5.74) is 4.68. The molecule has 0 aromatic heterocycles. The van der Waals surface area contributed by atoms with Crippen LogP contribution in [0.3, 0.4) is 0 Å². The first kappa shape index (κ1) is 29.9. The molecule has 0 atom stereocenters. The molecule has 2 aromatic rings. The Kier molecular flexibility index (Phi) is 8.44. The van der Waals surface area contributed by atoms with Crippen molar-refractivity contribution in [2.75, 3.05) is 20.3 Å². The maximum Gasteiger partial charge on any atom is 0.162 e. The van der Waals surface area contributed by atoms with Gasteiger partial charge in [-0.25, -0.2) is 0 Å². The van der Waals surface area contributed by atoms with Gasteiger partial charge < -0.3 is 14.4 Å². The average Bonchev–Trinajstić information content (AvgIpc) is 2.88. The topological polar surface area (TPSA) is 55.8 Å².